The van der Waals surface area contributed by atoms with Crippen molar-refractivity contribution in [2.45, 2.75) is 52.2 Å². The topological polar surface area (TPSA) is 116 Å². The zero-order valence-electron chi connectivity index (χ0n) is 16.9. The summed E-state index contributed by atoms with van der Waals surface area (Å²) in [5.74, 6) is -2.11. The molecule has 0 aliphatic heterocycles. The number of thioether (sulfide) groups is 1. The smallest absolute Gasteiger partial charge is 0.261 e. The van der Waals surface area contributed by atoms with E-state index in [4.69, 9.17) is 0 Å². The molecule has 1 atom stereocenters. The van der Waals surface area contributed by atoms with Crippen LogP contribution in [0.1, 0.15) is 25.7 Å². The summed E-state index contributed by atoms with van der Waals surface area (Å²) in [5, 5.41) is 21.5. The molecule has 176 valence electrons. The van der Waals surface area contributed by atoms with Gasteiger partial charge in [0.2, 0.25) is 0 Å². The van der Waals surface area contributed by atoms with Crippen LogP contribution in [0, 0.1) is 20.2 Å². The molecule has 2 aromatic rings. The Balaban J connectivity index is 0.000000203. The number of nitro benzene ring substituents is 2. The van der Waals surface area contributed by atoms with Gasteiger partial charge < -0.3 is 0 Å². The van der Waals surface area contributed by atoms with Gasteiger partial charge in [0.05, 0.1) is 9.85 Å². The van der Waals surface area contributed by atoms with Gasteiger partial charge in [-0.15, -0.1) is 11.8 Å². The lowest BCUT2D eigenvalue weighted by molar-refractivity contribution is -0.385. The van der Waals surface area contributed by atoms with Crippen LogP contribution in [0.25, 0.3) is 0 Å². The fourth-order valence-corrected chi connectivity index (χ4v) is 5.45. The van der Waals surface area contributed by atoms with Gasteiger partial charge in [0.25, 0.3) is 11.4 Å². The van der Waals surface area contributed by atoms with Gasteiger partial charge in [0.15, 0.2) is 0 Å². The van der Waals surface area contributed by atoms with E-state index < -0.39 is 27.7 Å². The molecule has 2 saturated carbocycles. The lowest BCUT2D eigenvalue weighted by atomic mass is 10.3. The molecule has 0 N–H and O–H groups in total. The van der Waals surface area contributed by atoms with Gasteiger partial charge in [-0.25, -0.2) is 0 Å². The van der Waals surface area contributed by atoms with Gasteiger partial charge in [0.1, 0.15) is 0 Å². The van der Waals surface area contributed by atoms with Gasteiger partial charge in [0, 0.05) is 44.6 Å². The van der Waals surface area contributed by atoms with Crippen molar-refractivity contribution in [2.24, 2.45) is 4.36 Å². The summed E-state index contributed by atoms with van der Waals surface area (Å²) < 4.78 is 40.0. The number of carbonyl (C=O) groups excluding carboxylic acids is 1. The van der Waals surface area contributed by atoms with E-state index in [0.717, 1.165) is 10.1 Å². The average Bonchev–Trinajstić information content (AvgIpc) is 3.67. The molecule has 2 aliphatic rings. The number of halogens is 3. The van der Waals surface area contributed by atoms with Crippen LogP contribution in [-0.2, 0) is 15.5 Å². The largest absolute Gasteiger partial charge is 0.474 e. The Morgan fingerprint density at radius 3 is 1.79 bits per heavy atom. The number of rotatable bonds is 6. The van der Waals surface area contributed by atoms with Crippen molar-refractivity contribution in [3.05, 3.63) is 68.8 Å². The van der Waals surface area contributed by atoms with E-state index in [-0.39, 0.29) is 21.5 Å². The average molecular weight is 502 g/mol. The zero-order valence-corrected chi connectivity index (χ0v) is 18.6. The van der Waals surface area contributed by atoms with E-state index in [0.29, 0.717) is 17.7 Å². The molecule has 0 spiro atoms. The Labute approximate surface area is 193 Å². The summed E-state index contributed by atoms with van der Waals surface area (Å²) in [6.07, 6.45) is -1.02. The Kier molecular flexibility index (Phi) is 7.84. The predicted octanol–water partition coefficient (Wildman–Crippen LogP) is 5.86. The molecular weight excluding hydrogens is 483 g/mol. The number of hydrogen-bond acceptors (Lipinski definition) is 6. The third-order valence-corrected chi connectivity index (χ3v) is 8.00. The minimum atomic E-state index is -4.99. The molecule has 2 fully saturated rings. The van der Waals surface area contributed by atoms with E-state index in [2.05, 4.69) is 4.36 Å². The van der Waals surface area contributed by atoms with E-state index in [9.17, 15) is 38.2 Å². The Bertz CT molecular complexity index is 1070. The fourth-order valence-electron chi connectivity index (χ4n) is 2.48. The number of nitrogens with zero attached hydrogens (tertiary/aromatic N) is 3. The first-order chi connectivity index (χ1) is 15.5. The van der Waals surface area contributed by atoms with E-state index in [1.807, 2.05) is 23.9 Å². The molecule has 0 saturated heterocycles. The van der Waals surface area contributed by atoms with Crippen LogP contribution in [-0.4, -0.2) is 32.4 Å². The summed E-state index contributed by atoms with van der Waals surface area (Å²) in [6, 6.07) is 11.9. The van der Waals surface area contributed by atoms with Gasteiger partial charge in [-0.3, -0.25) is 25.0 Å². The summed E-state index contributed by atoms with van der Waals surface area (Å²) in [4.78, 5) is 32.4. The second kappa shape index (κ2) is 10.4. The maximum absolute atomic E-state index is 12.3. The number of amides is 1. The van der Waals surface area contributed by atoms with E-state index in [1.54, 1.807) is 12.1 Å². The van der Waals surface area contributed by atoms with Crippen LogP contribution in [0.15, 0.2) is 62.7 Å². The molecule has 1 unspecified atom stereocenters. The molecule has 0 bridgehead atoms. The monoisotopic (exact) mass is 501 g/mol. The molecule has 2 aromatic carbocycles. The first-order valence-corrected chi connectivity index (χ1v) is 11.9. The first kappa shape index (κ1) is 24.8. The predicted molar refractivity (Wildman–Crippen MR) is 117 cm³/mol. The summed E-state index contributed by atoms with van der Waals surface area (Å²) in [7, 11) is -1.19. The van der Waals surface area contributed by atoms with Crippen LogP contribution in [0.2, 0.25) is 0 Å². The normalized spacial score (nSPS) is 16.5. The molecule has 0 radical (unpaired) electrons. The van der Waals surface area contributed by atoms with Crippen LogP contribution in [0.5, 0.6) is 0 Å². The second-order valence-corrected chi connectivity index (χ2v) is 10.6. The highest BCUT2D eigenvalue weighted by molar-refractivity contribution is 8.00. The van der Waals surface area contributed by atoms with Crippen molar-refractivity contribution < 1.29 is 27.8 Å². The van der Waals surface area contributed by atoms with Crippen molar-refractivity contribution >= 4 is 39.7 Å². The minimum absolute atomic E-state index is 0.0808. The number of non-ortho nitro benzene ring substituents is 2. The molecular formula is C20H18F3N3O5S2. The van der Waals surface area contributed by atoms with E-state index >= 15 is 0 Å². The first-order valence-electron chi connectivity index (χ1n) is 9.76. The van der Waals surface area contributed by atoms with Crippen LogP contribution in [0.3, 0.4) is 0 Å². The molecule has 8 nitrogen and oxygen atoms in total. The molecule has 4 rings (SSSR count). The number of alkyl halides is 3. The standard InChI is InChI=1S/C11H9F3N2O3S.C9H9NO2S/c12-11(13,14)10(17)15-20(9-5-6-9)8-3-1-7(2-4-8)16(18)19;11-10(12)7-1-3-8(4-2-7)13-9-5-6-9/h1-4,9H,5-6H2;1-4,9H,5-6H2. The van der Waals surface area contributed by atoms with Gasteiger partial charge in [-0.2, -0.15) is 17.5 Å². The number of carbonyl (C=O) groups is 1. The van der Waals surface area contributed by atoms with Crippen molar-refractivity contribution in [1.82, 2.24) is 0 Å². The molecule has 1 amide bonds. The van der Waals surface area contributed by atoms with Crippen molar-refractivity contribution in [3.8, 4) is 0 Å². The maximum atomic E-state index is 12.3. The van der Waals surface area contributed by atoms with Gasteiger partial charge >= 0.3 is 12.1 Å². The highest BCUT2D eigenvalue weighted by Crippen LogP contribution is 2.39. The summed E-state index contributed by atoms with van der Waals surface area (Å²) in [5.41, 5.74) is 0.00962. The lowest BCUT2D eigenvalue weighted by Gasteiger charge is -2.07. The molecule has 0 aromatic heterocycles. The number of hydrogen-bond donors (Lipinski definition) is 0. The molecule has 0 heterocycles. The highest BCUT2D eigenvalue weighted by atomic mass is 32.2. The van der Waals surface area contributed by atoms with Crippen molar-refractivity contribution in [1.29, 1.82) is 0 Å². The number of nitro groups is 2. The molecule has 2 aliphatic carbocycles. The van der Waals surface area contributed by atoms with Crippen LogP contribution < -0.4 is 0 Å². The quantitative estimate of drug-likeness (QED) is 0.362. The fraction of sp³-hybridized carbons (Fsp3) is 0.350. The SMILES string of the molecule is O=C(N=S(c1ccc([N+](=O)[O-])cc1)C1CC1)C(F)(F)F.O=[N+]([O-])c1ccc(SC2CC2)cc1. The van der Waals surface area contributed by atoms with Crippen LogP contribution in [0.4, 0.5) is 24.5 Å². The summed E-state index contributed by atoms with van der Waals surface area (Å²) >= 11 is 1.81. The zero-order chi connectivity index (χ0) is 24.2. The Hall–Kier alpha value is -2.80. The number of benzene rings is 2. The third kappa shape index (κ3) is 7.63. The maximum Gasteiger partial charge on any atom is 0.474 e. The van der Waals surface area contributed by atoms with E-state index in [1.165, 1.54) is 37.1 Å². The van der Waals surface area contributed by atoms with Gasteiger partial charge in [-0.05, 0) is 49.9 Å². The highest BCUT2D eigenvalue weighted by Gasteiger charge is 2.40. The Morgan fingerprint density at radius 1 is 0.909 bits per heavy atom. The van der Waals surface area contributed by atoms with Crippen LogP contribution >= 0.6 is 11.8 Å². The van der Waals surface area contributed by atoms with Gasteiger partial charge in [-0.1, -0.05) is 10.7 Å². The van der Waals surface area contributed by atoms with Crippen molar-refractivity contribution in [3.63, 3.8) is 0 Å². The summed E-state index contributed by atoms with van der Waals surface area (Å²) in [6.45, 7) is 0. The Morgan fingerprint density at radius 2 is 1.39 bits per heavy atom. The van der Waals surface area contributed by atoms with Crippen molar-refractivity contribution in [2.75, 3.05) is 0 Å². The second-order valence-electron chi connectivity index (χ2n) is 7.23. The molecule has 13 heteroatoms. The lowest BCUT2D eigenvalue weighted by Crippen LogP contribution is -2.21. The molecule has 33 heavy (non-hydrogen) atoms. The third-order valence-electron chi connectivity index (χ3n) is 4.43. The minimum Gasteiger partial charge on any atom is -0.261 e.